The number of aryl methyl sites for hydroxylation is 2. The number of benzene rings is 1. The van der Waals surface area contributed by atoms with E-state index in [-0.39, 0.29) is 6.61 Å². The highest BCUT2D eigenvalue weighted by Crippen LogP contribution is 2.23. The van der Waals surface area contributed by atoms with E-state index in [9.17, 15) is 5.11 Å². The lowest BCUT2D eigenvalue weighted by Gasteiger charge is -2.07. The molecule has 5 heteroatoms. The Morgan fingerprint density at radius 3 is 2.65 bits per heavy atom. The maximum atomic E-state index is 9.30. The van der Waals surface area contributed by atoms with Crippen molar-refractivity contribution in [2.24, 2.45) is 0 Å². The van der Waals surface area contributed by atoms with Crippen LogP contribution >= 0.6 is 11.6 Å². The first-order valence-electron chi connectivity index (χ1n) is 6.30. The fraction of sp³-hybridized carbons (Fsp3) is 0.200. The van der Waals surface area contributed by atoms with Crippen molar-refractivity contribution in [1.29, 1.82) is 0 Å². The summed E-state index contributed by atoms with van der Waals surface area (Å²) in [7, 11) is 0. The summed E-state index contributed by atoms with van der Waals surface area (Å²) in [5.74, 6) is 0.698. The van der Waals surface area contributed by atoms with Gasteiger partial charge in [-0.2, -0.15) is 0 Å². The molecule has 0 aliphatic heterocycles. The summed E-state index contributed by atoms with van der Waals surface area (Å²) in [6, 6.07) is 5.93. The van der Waals surface area contributed by atoms with E-state index >= 15 is 0 Å². The summed E-state index contributed by atoms with van der Waals surface area (Å²) >= 11 is 5.97. The molecular formula is C15H14ClN3O. The van der Waals surface area contributed by atoms with Crippen molar-refractivity contribution in [2.45, 2.75) is 20.5 Å². The number of hydrogen-bond donors (Lipinski definition) is 1. The Morgan fingerprint density at radius 2 is 1.90 bits per heavy atom. The molecule has 0 fully saturated rings. The molecule has 0 saturated heterocycles. The van der Waals surface area contributed by atoms with E-state index < -0.39 is 0 Å². The second-order valence-electron chi connectivity index (χ2n) is 4.83. The van der Waals surface area contributed by atoms with Crippen LogP contribution in [0.25, 0.3) is 16.9 Å². The second-order valence-corrected chi connectivity index (χ2v) is 5.24. The lowest BCUT2D eigenvalue weighted by Crippen LogP contribution is -1.98. The van der Waals surface area contributed by atoms with Gasteiger partial charge in [-0.15, -0.1) is 0 Å². The van der Waals surface area contributed by atoms with Gasteiger partial charge in [0, 0.05) is 11.8 Å². The van der Waals surface area contributed by atoms with Crippen LogP contribution in [-0.4, -0.2) is 19.6 Å². The topological polar surface area (TPSA) is 50.9 Å². The van der Waals surface area contributed by atoms with Gasteiger partial charge in [0.05, 0.1) is 22.7 Å². The zero-order valence-electron chi connectivity index (χ0n) is 11.3. The number of hydrogen-bond acceptors (Lipinski definition) is 3. The van der Waals surface area contributed by atoms with Gasteiger partial charge in [0.25, 0.3) is 0 Å². The van der Waals surface area contributed by atoms with E-state index in [4.69, 9.17) is 11.6 Å². The van der Waals surface area contributed by atoms with E-state index in [0.29, 0.717) is 16.4 Å². The minimum absolute atomic E-state index is 0.112. The van der Waals surface area contributed by atoms with Gasteiger partial charge in [0.1, 0.15) is 12.1 Å². The van der Waals surface area contributed by atoms with Gasteiger partial charge in [0.2, 0.25) is 0 Å². The maximum Gasteiger partial charge on any atom is 0.138 e. The minimum Gasteiger partial charge on any atom is -0.392 e. The molecule has 0 radical (unpaired) electrons. The van der Waals surface area contributed by atoms with Crippen LogP contribution < -0.4 is 0 Å². The molecule has 1 N–H and O–H groups in total. The quantitative estimate of drug-likeness (QED) is 0.787. The summed E-state index contributed by atoms with van der Waals surface area (Å²) in [4.78, 5) is 8.71. The summed E-state index contributed by atoms with van der Waals surface area (Å²) in [5.41, 5.74) is 4.99. The van der Waals surface area contributed by atoms with E-state index in [0.717, 1.165) is 11.0 Å². The standard InChI is InChI=1S/C15H14ClN3O/c1-9-3-13-14(4-10(9)2)19(8-18-13)15-5-11(7-20)12(16)6-17-15/h3-6,8,20H,7H2,1-2H3. The maximum absolute atomic E-state index is 9.30. The lowest BCUT2D eigenvalue weighted by atomic mass is 10.1. The SMILES string of the molecule is Cc1cc2ncn(-c3cc(CO)c(Cl)cn3)c2cc1C. The van der Waals surface area contributed by atoms with Crippen molar-refractivity contribution in [1.82, 2.24) is 14.5 Å². The Hall–Kier alpha value is -1.91. The third-order valence-electron chi connectivity index (χ3n) is 3.50. The molecule has 3 rings (SSSR count). The fourth-order valence-corrected chi connectivity index (χ4v) is 2.33. The molecule has 0 saturated carbocycles. The smallest absolute Gasteiger partial charge is 0.138 e. The number of aliphatic hydroxyl groups excluding tert-OH is 1. The van der Waals surface area contributed by atoms with E-state index in [2.05, 4.69) is 35.9 Å². The summed E-state index contributed by atoms with van der Waals surface area (Å²) in [6.07, 6.45) is 3.29. The Labute approximate surface area is 121 Å². The number of halogens is 1. The molecule has 0 atom stereocenters. The minimum atomic E-state index is -0.112. The van der Waals surface area contributed by atoms with Crippen molar-refractivity contribution < 1.29 is 5.11 Å². The number of aliphatic hydroxyl groups is 1. The van der Waals surface area contributed by atoms with Crippen LogP contribution in [0.2, 0.25) is 5.02 Å². The normalized spacial score (nSPS) is 11.2. The zero-order valence-corrected chi connectivity index (χ0v) is 12.0. The Kier molecular flexibility index (Phi) is 3.20. The van der Waals surface area contributed by atoms with Crippen LogP contribution in [0, 0.1) is 13.8 Å². The second kappa shape index (κ2) is 4.89. The number of fused-ring (bicyclic) bond motifs is 1. The molecule has 0 unspecified atom stereocenters. The average Bonchev–Trinajstić information content (AvgIpc) is 2.83. The Balaban J connectivity index is 2.22. The van der Waals surface area contributed by atoms with Gasteiger partial charge >= 0.3 is 0 Å². The average molecular weight is 288 g/mol. The van der Waals surface area contributed by atoms with Crippen molar-refractivity contribution >= 4 is 22.6 Å². The molecule has 102 valence electrons. The lowest BCUT2D eigenvalue weighted by molar-refractivity contribution is 0.282. The van der Waals surface area contributed by atoms with Crippen molar-refractivity contribution in [3.8, 4) is 5.82 Å². The molecule has 20 heavy (non-hydrogen) atoms. The molecule has 0 aliphatic carbocycles. The van der Waals surface area contributed by atoms with Crippen molar-refractivity contribution in [2.75, 3.05) is 0 Å². The highest BCUT2D eigenvalue weighted by molar-refractivity contribution is 6.31. The molecule has 3 aromatic rings. The van der Waals surface area contributed by atoms with E-state index in [1.165, 1.54) is 11.1 Å². The number of aromatic nitrogens is 3. The fourth-order valence-electron chi connectivity index (χ4n) is 2.17. The Bertz CT molecular complexity index is 795. The molecule has 1 aromatic carbocycles. The molecule has 0 aliphatic rings. The van der Waals surface area contributed by atoms with Gasteiger partial charge < -0.3 is 5.11 Å². The van der Waals surface area contributed by atoms with Crippen molar-refractivity contribution in [3.05, 3.63) is 52.4 Å². The molecule has 0 amide bonds. The van der Waals surface area contributed by atoms with Crippen LogP contribution in [0.4, 0.5) is 0 Å². The number of rotatable bonds is 2. The van der Waals surface area contributed by atoms with Gasteiger partial charge in [-0.3, -0.25) is 4.57 Å². The number of pyridine rings is 1. The van der Waals surface area contributed by atoms with Gasteiger partial charge in [-0.05, 0) is 43.2 Å². The van der Waals surface area contributed by atoms with E-state index in [1.54, 1.807) is 18.6 Å². The molecule has 4 nitrogen and oxygen atoms in total. The van der Waals surface area contributed by atoms with Crippen molar-refractivity contribution in [3.63, 3.8) is 0 Å². The Morgan fingerprint density at radius 1 is 1.15 bits per heavy atom. The third kappa shape index (κ3) is 2.07. The van der Waals surface area contributed by atoms with Gasteiger partial charge in [0.15, 0.2) is 0 Å². The highest BCUT2D eigenvalue weighted by atomic mass is 35.5. The van der Waals surface area contributed by atoms with Crippen LogP contribution in [0.3, 0.4) is 0 Å². The zero-order chi connectivity index (χ0) is 14.3. The predicted octanol–water partition coefficient (Wildman–Crippen LogP) is 3.18. The van der Waals surface area contributed by atoms with Crippen LogP contribution in [0.5, 0.6) is 0 Å². The largest absolute Gasteiger partial charge is 0.392 e. The van der Waals surface area contributed by atoms with Crippen LogP contribution in [0.1, 0.15) is 16.7 Å². The summed E-state index contributed by atoms with van der Waals surface area (Å²) < 4.78 is 1.90. The molecule has 0 spiro atoms. The first-order chi connectivity index (χ1) is 9.60. The van der Waals surface area contributed by atoms with E-state index in [1.807, 2.05) is 4.57 Å². The number of imidazole rings is 1. The molecule has 2 aromatic heterocycles. The third-order valence-corrected chi connectivity index (χ3v) is 3.84. The van der Waals surface area contributed by atoms with Gasteiger partial charge in [-0.25, -0.2) is 9.97 Å². The van der Waals surface area contributed by atoms with Crippen LogP contribution in [-0.2, 0) is 6.61 Å². The highest BCUT2D eigenvalue weighted by Gasteiger charge is 2.09. The first-order valence-corrected chi connectivity index (χ1v) is 6.68. The monoisotopic (exact) mass is 287 g/mol. The summed E-state index contributed by atoms with van der Waals surface area (Å²) in [5, 5.41) is 9.76. The summed E-state index contributed by atoms with van der Waals surface area (Å²) in [6.45, 7) is 4.03. The number of nitrogens with zero attached hydrogens (tertiary/aromatic N) is 3. The first kappa shape index (κ1) is 13.1. The molecular weight excluding hydrogens is 274 g/mol. The molecule has 0 bridgehead atoms. The molecule has 2 heterocycles. The van der Waals surface area contributed by atoms with Crippen LogP contribution in [0.15, 0.2) is 30.7 Å². The predicted molar refractivity (Wildman–Crippen MR) is 79.3 cm³/mol. The van der Waals surface area contributed by atoms with Gasteiger partial charge in [-0.1, -0.05) is 11.6 Å².